The van der Waals surface area contributed by atoms with E-state index < -0.39 is 0 Å². The number of hydrogen-bond acceptors (Lipinski definition) is 3. The van der Waals surface area contributed by atoms with E-state index in [1.165, 1.54) is 12.1 Å². The lowest BCUT2D eigenvalue weighted by molar-refractivity contribution is 0.0904. The minimum absolute atomic E-state index is 0.0905. The van der Waals surface area contributed by atoms with Crippen LogP contribution in [0.5, 0.6) is 0 Å². The van der Waals surface area contributed by atoms with E-state index >= 15 is 0 Å². The normalized spacial score (nSPS) is 15.9. The molecule has 4 nitrogen and oxygen atoms in total. The van der Waals surface area contributed by atoms with Crippen molar-refractivity contribution in [1.29, 1.82) is 0 Å². The summed E-state index contributed by atoms with van der Waals surface area (Å²) in [4.78, 5) is 18.9. The molecule has 1 aromatic carbocycles. The predicted octanol–water partition coefficient (Wildman–Crippen LogP) is 3.18. The lowest BCUT2D eigenvalue weighted by atomic mass is 10.0. The Balaban J connectivity index is 1.48. The number of amides is 1. The molecule has 25 heavy (non-hydrogen) atoms. The van der Waals surface area contributed by atoms with Gasteiger partial charge in [0.05, 0.1) is 0 Å². The Morgan fingerprint density at radius 3 is 2.60 bits per heavy atom. The second-order valence-electron chi connectivity index (χ2n) is 6.55. The highest BCUT2D eigenvalue weighted by atomic mass is 19.1. The number of piperidine rings is 1. The van der Waals surface area contributed by atoms with Gasteiger partial charge < -0.3 is 5.32 Å². The van der Waals surface area contributed by atoms with Crippen LogP contribution in [0.2, 0.25) is 0 Å². The number of halogens is 1. The highest BCUT2D eigenvalue weighted by Gasteiger charge is 2.21. The van der Waals surface area contributed by atoms with Crippen LogP contribution in [0.3, 0.4) is 0 Å². The largest absolute Gasteiger partial charge is 0.348 e. The van der Waals surface area contributed by atoms with Crippen LogP contribution < -0.4 is 5.32 Å². The summed E-state index contributed by atoms with van der Waals surface area (Å²) < 4.78 is 13.0. The molecule has 1 fully saturated rings. The van der Waals surface area contributed by atoms with Crippen LogP contribution in [-0.2, 0) is 13.0 Å². The summed E-state index contributed by atoms with van der Waals surface area (Å²) in [5.74, 6) is -0.293. The number of hydrogen-bond donors (Lipinski definition) is 1. The van der Waals surface area contributed by atoms with E-state index in [0.717, 1.165) is 50.0 Å². The van der Waals surface area contributed by atoms with Crippen molar-refractivity contribution in [2.45, 2.75) is 38.8 Å². The smallest absolute Gasteiger partial charge is 0.270 e. The predicted molar refractivity (Wildman–Crippen MR) is 95.8 cm³/mol. The molecule has 0 bridgehead atoms. The van der Waals surface area contributed by atoms with Crippen LogP contribution in [0.15, 0.2) is 42.6 Å². The lowest BCUT2D eigenvalue weighted by Crippen LogP contribution is -2.44. The van der Waals surface area contributed by atoms with Gasteiger partial charge in [-0.3, -0.25) is 14.7 Å². The van der Waals surface area contributed by atoms with E-state index in [1.807, 2.05) is 24.3 Å². The fraction of sp³-hybridized carbons (Fsp3) is 0.400. The van der Waals surface area contributed by atoms with Crippen molar-refractivity contribution < 1.29 is 9.18 Å². The van der Waals surface area contributed by atoms with Gasteiger partial charge in [-0.25, -0.2) is 4.39 Å². The van der Waals surface area contributed by atoms with Crippen molar-refractivity contribution in [2.24, 2.45) is 0 Å². The average molecular weight is 341 g/mol. The maximum Gasteiger partial charge on any atom is 0.270 e. The summed E-state index contributed by atoms with van der Waals surface area (Å²) in [7, 11) is 0. The minimum Gasteiger partial charge on any atom is -0.348 e. The van der Waals surface area contributed by atoms with E-state index in [-0.39, 0.29) is 17.8 Å². The zero-order valence-corrected chi connectivity index (χ0v) is 14.5. The molecule has 1 N–H and O–H groups in total. The molecule has 1 aromatic heterocycles. The molecule has 132 valence electrons. The average Bonchev–Trinajstić information content (AvgIpc) is 2.65. The Morgan fingerprint density at radius 1 is 1.20 bits per heavy atom. The fourth-order valence-electron chi connectivity index (χ4n) is 3.16. The summed E-state index contributed by atoms with van der Waals surface area (Å²) in [6.07, 6.45) is 4.42. The second kappa shape index (κ2) is 8.21. The molecule has 3 rings (SSSR count). The Hall–Kier alpha value is -2.27. The summed E-state index contributed by atoms with van der Waals surface area (Å²) >= 11 is 0. The Morgan fingerprint density at radius 2 is 1.92 bits per heavy atom. The number of nitrogens with one attached hydrogen (secondary N) is 1. The Kier molecular flexibility index (Phi) is 5.76. The number of carbonyl (C=O) groups excluding carboxylic acids is 1. The summed E-state index contributed by atoms with van der Waals surface area (Å²) in [5.41, 5.74) is 2.73. The summed E-state index contributed by atoms with van der Waals surface area (Å²) in [5, 5.41) is 3.10. The molecule has 2 aromatic rings. The van der Waals surface area contributed by atoms with E-state index in [1.54, 1.807) is 6.20 Å². The summed E-state index contributed by atoms with van der Waals surface area (Å²) in [6.45, 7) is 4.73. The van der Waals surface area contributed by atoms with E-state index in [4.69, 9.17) is 0 Å². The molecule has 0 saturated carbocycles. The van der Waals surface area contributed by atoms with Gasteiger partial charge in [-0.15, -0.1) is 0 Å². The third kappa shape index (κ3) is 4.86. The molecular weight excluding hydrogens is 317 g/mol. The van der Waals surface area contributed by atoms with E-state index in [9.17, 15) is 9.18 Å². The first kappa shape index (κ1) is 17.5. The zero-order valence-electron chi connectivity index (χ0n) is 14.5. The first-order chi connectivity index (χ1) is 12.1. The molecule has 1 amide bonds. The van der Waals surface area contributed by atoms with Gasteiger partial charge in [-0.2, -0.15) is 0 Å². The number of nitrogens with zero attached hydrogens (tertiary/aromatic N) is 2. The van der Waals surface area contributed by atoms with Gasteiger partial charge in [0.2, 0.25) is 0 Å². The molecule has 1 aliphatic rings. The third-order valence-corrected chi connectivity index (χ3v) is 4.71. The summed E-state index contributed by atoms with van der Waals surface area (Å²) in [6, 6.07) is 10.6. The zero-order chi connectivity index (χ0) is 17.6. The lowest BCUT2D eigenvalue weighted by Gasteiger charge is -2.32. The van der Waals surface area contributed by atoms with Gasteiger partial charge in [-0.05, 0) is 54.7 Å². The maximum atomic E-state index is 13.0. The molecule has 1 aliphatic heterocycles. The van der Waals surface area contributed by atoms with Crippen LogP contribution in [-0.4, -0.2) is 34.9 Å². The molecule has 0 radical (unpaired) electrons. The second-order valence-corrected chi connectivity index (χ2v) is 6.55. The van der Waals surface area contributed by atoms with E-state index in [2.05, 4.69) is 22.1 Å². The number of pyridine rings is 1. The number of likely N-dealkylation sites (tertiary alicyclic amines) is 1. The molecular formula is C20H24FN3O. The standard InChI is InChI=1S/C20H24FN3O/c1-2-15-7-10-22-19(13-15)20(25)23-18-8-11-24(12-9-18)14-16-3-5-17(21)6-4-16/h3-7,10,13,18H,2,8-9,11-12,14H2,1H3,(H,23,25). The fourth-order valence-corrected chi connectivity index (χ4v) is 3.16. The Bertz CT molecular complexity index is 709. The van der Waals surface area contributed by atoms with Crippen molar-refractivity contribution in [1.82, 2.24) is 15.2 Å². The molecule has 1 saturated heterocycles. The van der Waals surface area contributed by atoms with Crippen LogP contribution in [0.1, 0.15) is 41.4 Å². The monoisotopic (exact) mass is 341 g/mol. The molecule has 0 atom stereocenters. The minimum atomic E-state index is -0.203. The van der Waals surface area contributed by atoms with Gasteiger partial charge in [0.1, 0.15) is 11.5 Å². The number of benzene rings is 1. The molecule has 5 heteroatoms. The van der Waals surface area contributed by atoms with Gasteiger partial charge in [-0.1, -0.05) is 19.1 Å². The van der Waals surface area contributed by atoms with Gasteiger partial charge in [0.25, 0.3) is 5.91 Å². The van der Waals surface area contributed by atoms with Crippen LogP contribution in [0.25, 0.3) is 0 Å². The van der Waals surface area contributed by atoms with Crippen LogP contribution >= 0.6 is 0 Å². The highest BCUT2D eigenvalue weighted by Crippen LogP contribution is 2.15. The van der Waals surface area contributed by atoms with Gasteiger partial charge in [0, 0.05) is 31.9 Å². The van der Waals surface area contributed by atoms with Crippen molar-refractivity contribution in [3.63, 3.8) is 0 Å². The quantitative estimate of drug-likeness (QED) is 0.908. The molecule has 0 unspecified atom stereocenters. The third-order valence-electron chi connectivity index (χ3n) is 4.71. The number of aryl methyl sites for hydroxylation is 1. The van der Waals surface area contributed by atoms with E-state index in [0.29, 0.717) is 5.69 Å². The van der Waals surface area contributed by atoms with Crippen molar-refractivity contribution in [3.05, 3.63) is 65.2 Å². The highest BCUT2D eigenvalue weighted by molar-refractivity contribution is 5.92. The van der Waals surface area contributed by atoms with Crippen LogP contribution in [0.4, 0.5) is 4.39 Å². The molecule has 0 spiro atoms. The number of carbonyl (C=O) groups is 1. The van der Waals surface area contributed by atoms with Crippen molar-refractivity contribution >= 4 is 5.91 Å². The maximum absolute atomic E-state index is 13.0. The first-order valence-corrected chi connectivity index (χ1v) is 8.86. The SMILES string of the molecule is CCc1ccnc(C(=O)NC2CCN(Cc3ccc(F)cc3)CC2)c1. The topological polar surface area (TPSA) is 45.2 Å². The van der Waals surface area contributed by atoms with Crippen molar-refractivity contribution in [2.75, 3.05) is 13.1 Å². The number of rotatable bonds is 5. The van der Waals surface area contributed by atoms with Crippen molar-refractivity contribution in [3.8, 4) is 0 Å². The van der Waals surface area contributed by atoms with Crippen LogP contribution in [0, 0.1) is 5.82 Å². The molecule has 2 heterocycles. The molecule has 0 aliphatic carbocycles. The van der Waals surface area contributed by atoms with Gasteiger partial charge >= 0.3 is 0 Å². The first-order valence-electron chi connectivity index (χ1n) is 8.86. The number of aromatic nitrogens is 1. The van der Waals surface area contributed by atoms with Gasteiger partial charge in [0.15, 0.2) is 0 Å². The Labute approximate surface area is 148 Å².